The molecule has 0 aliphatic heterocycles. The van der Waals surface area contributed by atoms with Crippen molar-refractivity contribution in [1.29, 1.82) is 0 Å². The average molecular weight is 399 g/mol. The zero-order chi connectivity index (χ0) is 20.9. The van der Waals surface area contributed by atoms with Crippen LogP contribution in [0.2, 0.25) is 0 Å². The molecule has 2 aromatic carbocycles. The highest BCUT2D eigenvalue weighted by Crippen LogP contribution is 2.27. The van der Waals surface area contributed by atoms with Crippen molar-refractivity contribution in [2.75, 3.05) is 31.3 Å². The number of hydrogen-bond acceptors (Lipinski definition) is 4. The van der Waals surface area contributed by atoms with Crippen LogP contribution in [0.4, 0.5) is 17.2 Å². The van der Waals surface area contributed by atoms with Crippen LogP contribution >= 0.6 is 0 Å². The van der Waals surface area contributed by atoms with E-state index < -0.39 is 0 Å². The Balaban J connectivity index is 1.56. The fourth-order valence-corrected chi connectivity index (χ4v) is 3.33. The lowest BCUT2D eigenvalue weighted by Gasteiger charge is -2.13. The summed E-state index contributed by atoms with van der Waals surface area (Å²) in [6.45, 7) is 0.987. The molecular formula is C24H25N5O. The van der Waals surface area contributed by atoms with Crippen molar-refractivity contribution >= 4 is 34.0 Å². The van der Waals surface area contributed by atoms with E-state index in [1.807, 2.05) is 30.3 Å². The Morgan fingerprint density at radius 3 is 2.70 bits per heavy atom. The normalized spacial score (nSPS) is 11.0. The molecule has 4 rings (SSSR count). The molecule has 0 atom stereocenters. The molecule has 1 amide bonds. The van der Waals surface area contributed by atoms with Crippen LogP contribution in [0.5, 0.6) is 0 Å². The molecule has 152 valence electrons. The summed E-state index contributed by atoms with van der Waals surface area (Å²) in [5.74, 6) is 0.435. The first-order valence-corrected chi connectivity index (χ1v) is 9.93. The molecule has 0 saturated heterocycles. The molecule has 2 heterocycles. The van der Waals surface area contributed by atoms with Crippen molar-refractivity contribution < 1.29 is 4.79 Å². The van der Waals surface area contributed by atoms with Gasteiger partial charge in [0.2, 0.25) is 0 Å². The van der Waals surface area contributed by atoms with E-state index in [-0.39, 0.29) is 5.91 Å². The molecular weight excluding hydrogens is 374 g/mol. The van der Waals surface area contributed by atoms with Crippen LogP contribution in [-0.2, 0) is 6.42 Å². The third-order valence-electron chi connectivity index (χ3n) is 4.95. The third kappa shape index (κ3) is 4.50. The fourth-order valence-electron chi connectivity index (χ4n) is 3.33. The highest BCUT2D eigenvalue weighted by molar-refractivity contribution is 6.05. The minimum Gasteiger partial charge on any atom is -0.361 e. The molecule has 0 unspecified atom stereocenters. The lowest BCUT2D eigenvalue weighted by Crippen LogP contribution is -2.14. The van der Waals surface area contributed by atoms with Crippen molar-refractivity contribution in [3.8, 4) is 0 Å². The number of nitrogens with zero attached hydrogens (tertiary/aromatic N) is 2. The van der Waals surface area contributed by atoms with E-state index in [0.29, 0.717) is 17.1 Å². The Morgan fingerprint density at radius 2 is 1.90 bits per heavy atom. The molecule has 6 nitrogen and oxygen atoms in total. The summed E-state index contributed by atoms with van der Waals surface area (Å²) in [6.07, 6.45) is 4.75. The van der Waals surface area contributed by atoms with Crippen LogP contribution in [-0.4, -0.2) is 41.4 Å². The molecule has 0 radical (unpaired) electrons. The van der Waals surface area contributed by atoms with Crippen LogP contribution < -0.4 is 10.6 Å². The number of benzene rings is 2. The van der Waals surface area contributed by atoms with E-state index in [2.05, 4.69) is 57.9 Å². The molecule has 0 bridgehead atoms. The number of amides is 1. The number of aromatic nitrogens is 2. The van der Waals surface area contributed by atoms with E-state index in [4.69, 9.17) is 0 Å². The van der Waals surface area contributed by atoms with E-state index >= 15 is 0 Å². The van der Waals surface area contributed by atoms with Gasteiger partial charge in [0, 0.05) is 41.1 Å². The standard InChI is InChI=1S/C24H25N5O/c1-29(2)14-12-18-16-26-21-11-10-19(15-20(18)21)27-23-22(9-6-13-25-23)28-24(30)17-7-4-3-5-8-17/h3-11,13,15-16,26H,12,14H2,1-2H3,(H,25,27)(H,28,30). The van der Waals surface area contributed by atoms with Gasteiger partial charge in [-0.15, -0.1) is 0 Å². The largest absolute Gasteiger partial charge is 0.361 e. The van der Waals surface area contributed by atoms with Crippen LogP contribution in [0, 0.1) is 0 Å². The zero-order valence-corrected chi connectivity index (χ0v) is 17.1. The fraction of sp³-hybridized carbons (Fsp3) is 0.167. The summed E-state index contributed by atoms with van der Waals surface area (Å²) in [5, 5.41) is 7.49. The zero-order valence-electron chi connectivity index (χ0n) is 17.1. The number of fused-ring (bicyclic) bond motifs is 1. The number of carbonyl (C=O) groups is 1. The minimum atomic E-state index is -0.168. The Kier molecular flexibility index (Phi) is 5.77. The Bertz CT molecular complexity index is 1150. The van der Waals surface area contributed by atoms with Crippen molar-refractivity contribution in [1.82, 2.24) is 14.9 Å². The van der Waals surface area contributed by atoms with Crippen molar-refractivity contribution in [2.24, 2.45) is 0 Å². The van der Waals surface area contributed by atoms with Gasteiger partial charge in [-0.25, -0.2) is 4.98 Å². The predicted octanol–water partition coefficient (Wildman–Crippen LogP) is 4.66. The first kappa shape index (κ1) is 19.7. The SMILES string of the molecule is CN(C)CCc1c[nH]c2ccc(Nc3ncccc3NC(=O)c3ccccc3)cc12. The summed E-state index contributed by atoms with van der Waals surface area (Å²) < 4.78 is 0. The predicted molar refractivity (Wildman–Crippen MR) is 122 cm³/mol. The van der Waals surface area contributed by atoms with Gasteiger partial charge in [-0.05, 0) is 68.5 Å². The quantitative estimate of drug-likeness (QED) is 0.422. The lowest BCUT2D eigenvalue weighted by molar-refractivity contribution is 0.102. The van der Waals surface area contributed by atoms with Crippen molar-refractivity contribution in [2.45, 2.75) is 6.42 Å². The number of H-pyrrole nitrogens is 1. The lowest BCUT2D eigenvalue weighted by atomic mass is 10.1. The number of carbonyl (C=O) groups excluding carboxylic acids is 1. The highest BCUT2D eigenvalue weighted by atomic mass is 16.1. The molecule has 0 spiro atoms. The monoisotopic (exact) mass is 399 g/mol. The first-order valence-electron chi connectivity index (χ1n) is 9.93. The second kappa shape index (κ2) is 8.80. The number of pyridine rings is 1. The van der Waals surface area contributed by atoms with Gasteiger partial charge in [-0.1, -0.05) is 18.2 Å². The third-order valence-corrected chi connectivity index (χ3v) is 4.95. The van der Waals surface area contributed by atoms with Gasteiger partial charge in [0.25, 0.3) is 5.91 Å². The van der Waals surface area contributed by atoms with E-state index in [9.17, 15) is 4.79 Å². The molecule has 0 fully saturated rings. The topological polar surface area (TPSA) is 73.1 Å². The Labute approximate surface area is 176 Å². The molecule has 6 heteroatoms. The van der Waals surface area contributed by atoms with Gasteiger partial charge in [0.1, 0.15) is 0 Å². The van der Waals surface area contributed by atoms with Crippen LogP contribution in [0.1, 0.15) is 15.9 Å². The number of anilines is 3. The second-order valence-corrected chi connectivity index (χ2v) is 7.47. The maximum Gasteiger partial charge on any atom is 0.255 e. The van der Waals surface area contributed by atoms with Gasteiger partial charge >= 0.3 is 0 Å². The molecule has 4 aromatic rings. The molecule has 0 aliphatic carbocycles. The van der Waals surface area contributed by atoms with Gasteiger partial charge in [-0.3, -0.25) is 4.79 Å². The molecule has 0 aliphatic rings. The smallest absolute Gasteiger partial charge is 0.255 e. The van der Waals surface area contributed by atoms with E-state index in [0.717, 1.165) is 24.2 Å². The van der Waals surface area contributed by atoms with Gasteiger partial charge < -0.3 is 20.5 Å². The number of rotatable bonds is 7. The van der Waals surface area contributed by atoms with Crippen molar-refractivity contribution in [3.05, 3.63) is 84.2 Å². The van der Waals surface area contributed by atoms with E-state index in [1.165, 1.54) is 10.9 Å². The second-order valence-electron chi connectivity index (χ2n) is 7.47. The molecule has 0 saturated carbocycles. The average Bonchev–Trinajstić information content (AvgIpc) is 3.16. The van der Waals surface area contributed by atoms with Crippen LogP contribution in [0.3, 0.4) is 0 Å². The molecule has 3 N–H and O–H groups in total. The summed E-state index contributed by atoms with van der Waals surface area (Å²) >= 11 is 0. The first-order chi connectivity index (χ1) is 14.6. The minimum absolute atomic E-state index is 0.168. The summed E-state index contributed by atoms with van der Waals surface area (Å²) in [6, 6.07) is 19.0. The number of aromatic amines is 1. The summed E-state index contributed by atoms with van der Waals surface area (Å²) in [4.78, 5) is 22.5. The number of nitrogens with one attached hydrogen (secondary N) is 3. The van der Waals surface area contributed by atoms with Crippen LogP contribution in [0.15, 0.2) is 73.1 Å². The van der Waals surface area contributed by atoms with Gasteiger partial charge in [-0.2, -0.15) is 0 Å². The number of likely N-dealkylation sites (N-methyl/N-ethyl adjacent to an activating group) is 1. The summed E-state index contributed by atoms with van der Waals surface area (Å²) in [5.41, 5.74) is 4.54. The van der Waals surface area contributed by atoms with Crippen LogP contribution in [0.25, 0.3) is 10.9 Å². The Morgan fingerprint density at radius 1 is 1.07 bits per heavy atom. The molecule has 2 aromatic heterocycles. The Hall–Kier alpha value is -3.64. The van der Waals surface area contributed by atoms with Crippen molar-refractivity contribution in [3.63, 3.8) is 0 Å². The maximum atomic E-state index is 12.6. The summed E-state index contributed by atoms with van der Waals surface area (Å²) in [7, 11) is 4.16. The van der Waals surface area contributed by atoms with Gasteiger partial charge in [0.05, 0.1) is 5.69 Å². The van der Waals surface area contributed by atoms with Gasteiger partial charge in [0.15, 0.2) is 5.82 Å². The molecule has 30 heavy (non-hydrogen) atoms. The van der Waals surface area contributed by atoms with E-state index in [1.54, 1.807) is 24.4 Å². The number of hydrogen-bond donors (Lipinski definition) is 3. The maximum absolute atomic E-state index is 12.6. The highest BCUT2D eigenvalue weighted by Gasteiger charge is 2.11.